The second-order valence-corrected chi connectivity index (χ2v) is 19.0. The molecule has 0 unspecified atom stereocenters. The highest BCUT2D eigenvalue weighted by atomic mass is 15.2. The van der Waals surface area contributed by atoms with Gasteiger partial charge in [-0.25, -0.2) is 0 Å². The monoisotopic (exact) mass is 922 g/mol. The van der Waals surface area contributed by atoms with Gasteiger partial charge in [0.25, 0.3) is 0 Å². The lowest BCUT2D eigenvalue weighted by atomic mass is 9.86. The zero-order chi connectivity index (χ0) is 48.7. The van der Waals surface area contributed by atoms with Crippen LogP contribution in [0.4, 0.5) is 34.1 Å². The third kappa shape index (κ3) is 7.79. The normalized spacial score (nSPS) is 11.6. The van der Waals surface area contributed by atoms with E-state index in [1.165, 1.54) is 110 Å². The van der Waals surface area contributed by atoms with E-state index in [-0.39, 0.29) is 0 Å². The first kappa shape index (κ1) is 44.2. The van der Waals surface area contributed by atoms with Gasteiger partial charge in [0.2, 0.25) is 0 Å². The fraction of sp³-hybridized carbons (Fsp3) is 0.0571. The van der Waals surface area contributed by atoms with Crippen LogP contribution < -0.4 is 9.80 Å². The summed E-state index contributed by atoms with van der Waals surface area (Å²) in [4.78, 5) is 4.84. The van der Waals surface area contributed by atoms with Gasteiger partial charge in [-0.15, -0.1) is 0 Å². The molecular weight excluding hydrogens is 869 g/mol. The SMILES string of the molecule is Cc1cc(-c2c3ccccc3c(N(c3ccccc3)c3ccccc3)c3ccccc23)cc(C)c1/C=C/c1c(C)cc(-c2c3ccccc3c(N(c3ccccc3)c3ccccc3)c3ccccc23)cc1C. The molecular formula is C70H54N2. The van der Waals surface area contributed by atoms with E-state index in [0.717, 1.165) is 22.7 Å². The molecule has 0 atom stereocenters. The molecule has 0 saturated carbocycles. The lowest BCUT2D eigenvalue weighted by Crippen LogP contribution is -2.11. The molecule has 0 spiro atoms. The Morgan fingerprint density at radius 1 is 0.250 bits per heavy atom. The summed E-state index contributed by atoms with van der Waals surface area (Å²) in [5.74, 6) is 0. The van der Waals surface area contributed by atoms with Crippen molar-refractivity contribution in [3.8, 4) is 22.3 Å². The zero-order valence-electron chi connectivity index (χ0n) is 41.1. The Kier molecular flexibility index (Phi) is 11.5. The third-order valence-electron chi connectivity index (χ3n) is 14.5. The van der Waals surface area contributed by atoms with Crippen molar-refractivity contribution in [1.29, 1.82) is 0 Å². The summed E-state index contributed by atoms with van der Waals surface area (Å²) >= 11 is 0. The van der Waals surface area contributed by atoms with Crippen molar-refractivity contribution in [1.82, 2.24) is 0 Å². The van der Waals surface area contributed by atoms with E-state index in [4.69, 9.17) is 0 Å². The predicted molar refractivity (Wildman–Crippen MR) is 311 cm³/mol. The van der Waals surface area contributed by atoms with Crippen molar-refractivity contribution >= 4 is 89.4 Å². The van der Waals surface area contributed by atoms with Gasteiger partial charge in [0.05, 0.1) is 11.4 Å². The summed E-state index contributed by atoms with van der Waals surface area (Å²) in [5.41, 5.74) is 19.3. The fourth-order valence-corrected chi connectivity index (χ4v) is 11.4. The van der Waals surface area contributed by atoms with Gasteiger partial charge >= 0.3 is 0 Å². The lowest BCUT2D eigenvalue weighted by Gasteiger charge is -2.29. The van der Waals surface area contributed by atoms with E-state index in [0.29, 0.717) is 0 Å². The highest BCUT2D eigenvalue weighted by Crippen LogP contribution is 2.50. The Hall–Kier alpha value is -8.98. The number of hydrogen-bond acceptors (Lipinski definition) is 2. The second-order valence-electron chi connectivity index (χ2n) is 19.0. The van der Waals surface area contributed by atoms with Crippen LogP contribution in [-0.4, -0.2) is 0 Å². The third-order valence-corrected chi connectivity index (χ3v) is 14.5. The number of para-hydroxylation sites is 4. The van der Waals surface area contributed by atoms with Gasteiger partial charge < -0.3 is 9.80 Å². The van der Waals surface area contributed by atoms with Gasteiger partial charge in [0, 0.05) is 44.3 Å². The van der Waals surface area contributed by atoms with Crippen LogP contribution in [0.5, 0.6) is 0 Å². The number of hydrogen-bond donors (Lipinski definition) is 0. The van der Waals surface area contributed by atoms with Gasteiger partial charge in [0.15, 0.2) is 0 Å². The van der Waals surface area contributed by atoms with Crippen molar-refractivity contribution in [3.05, 3.63) is 276 Å². The molecule has 0 fully saturated rings. The maximum atomic E-state index is 2.42. The molecule has 0 radical (unpaired) electrons. The first-order chi connectivity index (χ1) is 35.4. The van der Waals surface area contributed by atoms with Crippen LogP contribution in [0.15, 0.2) is 243 Å². The topological polar surface area (TPSA) is 6.48 Å². The van der Waals surface area contributed by atoms with Crippen molar-refractivity contribution in [3.63, 3.8) is 0 Å². The highest BCUT2D eigenvalue weighted by molar-refractivity contribution is 6.24. The van der Waals surface area contributed by atoms with Crippen LogP contribution in [-0.2, 0) is 0 Å². The smallest absolute Gasteiger partial charge is 0.0618 e. The minimum Gasteiger partial charge on any atom is -0.309 e. The number of nitrogens with zero attached hydrogens (tertiary/aromatic N) is 2. The van der Waals surface area contributed by atoms with Crippen molar-refractivity contribution in [2.24, 2.45) is 0 Å². The van der Waals surface area contributed by atoms with Crippen molar-refractivity contribution in [2.45, 2.75) is 27.7 Å². The molecule has 72 heavy (non-hydrogen) atoms. The lowest BCUT2D eigenvalue weighted by molar-refractivity contribution is 1.31. The van der Waals surface area contributed by atoms with E-state index in [1.807, 2.05) is 0 Å². The Morgan fingerprint density at radius 2 is 0.458 bits per heavy atom. The second kappa shape index (κ2) is 18.7. The molecule has 0 aromatic heterocycles. The van der Waals surface area contributed by atoms with E-state index in [2.05, 4.69) is 292 Å². The average Bonchev–Trinajstić information content (AvgIpc) is 3.42. The molecule has 0 aliphatic heterocycles. The van der Waals surface area contributed by atoms with Crippen LogP contribution >= 0.6 is 0 Å². The number of benzene rings is 12. The summed E-state index contributed by atoms with van der Waals surface area (Å²) in [6.45, 7) is 9.06. The predicted octanol–water partition coefficient (Wildman–Crippen LogP) is 20.0. The molecule has 2 nitrogen and oxygen atoms in total. The van der Waals surface area contributed by atoms with Crippen LogP contribution in [0.25, 0.3) is 77.5 Å². The molecule has 0 heterocycles. The maximum Gasteiger partial charge on any atom is 0.0618 e. The quantitative estimate of drug-likeness (QED) is 0.0996. The molecule has 2 heteroatoms. The van der Waals surface area contributed by atoms with Crippen molar-refractivity contribution in [2.75, 3.05) is 9.80 Å². The minimum absolute atomic E-state index is 1.13. The van der Waals surface area contributed by atoms with Crippen molar-refractivity contribution < 1.29 is 0 Å². The van der Waals surface area contributed by atoms with E-state index in [9.17, 15) is 0 Å². The maximum absolute atomic E-state index is 2.42. The van der Waals surface area contributed by atoms with E-state index in [1.54, 1.807) is 0 Å². The van der Waals surface area contributed by atoms with Gasteiger partial charge in [-0.05, 0) is 153 Å². The zero-order valence-corrected chi connectivity index (χ0v) is 41.1. The molecule has 0 aliphatic rings. The Bertz CT molecular complexity index is 3500. The molecule has 344 valence electrons. The van der Waals surface area contributed by atoms with Crippen LogP contribution in [0.3, 0.4) is 0 Å². The molecule has 0 amide bonds. The Labute approximate surface area is 423 Å². The first-order valence-electron chi connectivity index (χ1n) is 25.0. The van der Waals surface area contributed by atoms with Gasteiger partial charge in [-0.1, -0.05) is 206 Å². The summed E-state index contributed by atoms with van der Waals surface area (Å²) in [6.07, 6.45) is 4.67. The molecule has 12 aromatic carbocycles. The Balaban J connectivity index is 0.949. The molecule has 0 aliphatic carbocycles. The fourth-order valence-electron chi connectivity index (χ4n) is 11.4. The number of rotatable bonds is 10. The minimum atomic E-state index is 1.13. The standard InChI is InChI=1S/C70H54N2/c1-47-43-51(67-59-33-17-21-37-63(59)69(64-38-22-18-34-60(64)67)71(53-25-9-5-10-26-53)54-27-11-6-12-28-54)44-48(2)57(47)41-42-58-49(3)45-52(46-50(58)4)68-61-35-19-23-39-65(61)70(66-40-24-20-36-62(66)68)72(55-29-13-7-14-30-55)56-31-15-8-16-32-56/h5-46H,1-4H3/b42-41+. The summed E-state index contributed by atoms with van der Waals surface area (Å²) in [5, 5.41) is 9.79. The Morgan fingerprint density at radius 3 is 0.694 bits per heavy atom. The number of fused-ring (bicyclic) bond motifs is 4. The van der Waals surface area contributed by atoms with E-state index >= 15 is 0 Å². The van der Waals surface area contributed by atoms with E-state index < -0.39 is 0 Å². The molecule has 0 N–H and O–H groups in total. The van der Waals surface area contributed by atoms with Gasteiger partial charge in [-0.3, -0.25) is 0 Å². The number of aryl methyl sites for hydroxylation is 4. The number of anilines is 6. The molecule has 12 rings (SSSR count). The molecule has 12 aromatic rings. The molecule has 0 bridgehead atoms. The largest absolute Gasteiger partial charge is 0.309 e. The first-order valence-corrected chi connectivity index (χ1v) is 25.0. The van der Waals surface area contributed by atoms with Gasteiger partial charge in [0.1, 0.15) is 0 Å². The summed E-state index contributed by atoms with van der Waals surface area (Å²) in [6, 6.07) is 88.3. The van der Waals surface area contributed by atoms with Crippen LogP contribution in [0, 0.1) is 27.7 Å². The average molecular weight is 923 g/mol. The summed E-state index contributed by atoms with van der Waals surface area (Å²) in [7, 11) is 0. The molecule has 0 saturated heterocycles. The summed E-state index contributed by atoms with van der Waals surface area (Å²) < 4.78 is 0. The highest BCUT2D eigenvalue weighted by Gasteiger charge is 2.24. The van der Waals surface area contributed by atoms with Gasteiger partial charge in [-0.2, -0.15) is 0 Å². The van der Waals surface area contributed by atoms with Crippen LogP contribution in [0.1, 0.15) is 33.4 Å². The van der Waals surface area contributed by atoms with Crippen LogP contribution in [0.2, 0.25) is 0 Å².